The Kier molecular flexibility index (Phi) is 5.41. The van der Waals surface area contributed by atoms with Gasteiger partial charge in [-0.25, -0.2) is 0 Å². The first-order chi connectivity index (χ1) is 12.9. The van der Waals surface area contributed by atoms with Crippen LogP contribution in [-0.4, -0.2) is 10.9 Å². The van der Waals surface area contributed by atoms with Crippen molar-refractivity contribution in [2.75, 3.05) is 0 Å². The van der Waals surface area contributed by atoms with E-state index in [1.165, 1.54) is 0 Å². The van der Waals surface area contributed by atoms with E-state index in [1.54, 1.807) is 18.2 Å². The first-order valence-corrected chi connectivity index (χ1v) is 8.75. The average Bonchev–Trinajstić information content (AvgIpc) is 2.63. The summed E-state index contributed by atoms with van der Waals surface area (Å²) in [7, 11) is 0. The van der Waals surface area contributed by atoms with E-state index in [1.807, 2.05) is 57.2 Å². The van der Waals surface area contributed by atoms with Gasteiger partial charge in [-0.1, -0.05) is 18.2 Å². The molecule has 0 aliphatic heterocycles. The van der Waals surface area contributed by atoms with Gasteiger partial charge in [0.2, 0.25) is 0 Å². The van der Waals surface area contributed by atoms with Crippen molar-refractivity contribution < 1.29 is 9.53 Å². The molecule has 5 nitrogen and oxygen atoms in total. The van der Waals surface area contributed by atoms with Crippen molar-refractivity contribution in [1.82, 2.24) is 10.3 Å². The number of rotatable bonds is 5. The van der Waals surface area contributed by atoms with Gasteiger partial charge >= 0.3 is 0 Å². The highest BCUT2D eigenvalue weighted by molar-refractivity contribution is 5.94. The summed E-state index contributed by atoms with van der Waals surface area (Å²) in [6.07, 6.45) is 0. The third-order valence-corrected chi connectivity index (χ3v) is 4.33. The zero-order valence-electron chi connectivity index (χ0n) is 15.6. The number of benzene rings is 2. The molecule has 138 valence electrons. The summed E-state index contributed by atoms with van der Waals surface area (Å²) in [4.78, 5) is 27.3. The van der Waals surface area contributed by atoms with E-state index >= 15 is 0 Å². The minimum absolute atomic E-state index is 0.171. The number of carbonyl (C=O) groups excluding carboxylic acids is 1. The van der Waals surface area contributed by atoms with E-state index in [0.29, 0.717) is 16.9 Å². The Hall–Kier alpha value is -3.34. The average molecular weight is 362 g/mol. The van der Waals surface area contributed by atoms with Crippen LogP contribution in [0, 0.1) is 20.8 Å². The van der Waals surface area contributed by atoms with Crippen LogP contribution >= 0.6 is 0 Å². The molecule has 2 aromatic carbocycles. The van der Waals surface area contributed by atoms with Crippen molar-refractivity contribution in [2.45, 2.75) is 27.3 Å². The maximum Gasteiger partial charge on any atom is 0.253 e. The second-order valence-corrected chi connectivity index (χ2v) is 6.52. The molecule has 0 saturated carbocycles. The highest BCUT2D eigenvalue weighted by atomic mass is 16.5. The fraction of sp³-hybridized carbons (Fsp3) is 0.182. The van der Waals surface area contributed by atoms with Crippen LogP contribution in [-0.2, 0) is 6.54 Å². The van der Waals surface area contributed by atoms with E-state index in [9.17, 15) is 9.59 Å². The number of aryl methyl sites for hydroxylation is 3. The first kappa shape index (κ1) is 18.5. The van der Waals surface area contributed by atoms with Crippen molar-refractivity contribution in [3.05, 3.63) is 92.9 Å². The Balaban J connectivity index is 1.71. The van der Waals surface area contributed by atoms with Crippen LogP contribution in [0.1, 0.15) is 32.7 Å². The number of pyridine rings is 1. The highest BCUT2D eigenvalue weighted by Gasteiger charge is 2.11. The van der Waals surface area contributed by atoms with Crippen LogP contribution in [0.2, 0.25) is 0 Å². The van der Waals surface area contributed by atoms with Gasteiger partial charge in [0, 0.05) is 23.4 Å². The van der Waals surface area contributed by atoms with E-state index in [2.05, 4.69) is 10.3 Å². The number of amides is 1. The molecule has 1 amide bonds. The predicted octanol–water partition coefficient (Wildman–Crippen LogP) is 4.02. The molecule has 1 heterocycles. The van der Waals surface area contributed by atoms with E-state index in [4.69, 9.17) is 4.74 Å². The number of ether oxygens (including phenoxy) is 1. The Bertz CT molecular complexity index is 1020. The number of hydrogen-bond donors (Lipinski definition) is 2. The third-order valence-electron chi connectivity index (χ3n) is 4.33. The quantitative estimate of drug-likeness (QED) is 0.720. The predicted molar refractivity (Wildman–Crippen MR) is 105 cm³/mol. The van der Waals surface area contributed by atoms with Gasteiger partial charge in [0.25, 0.3) is 11.5 Å². The van der Waals surface area contributed by atoms with Crippen molar-refractivity contribution in [1.29, 1.82) is 0 Å². The van der Waals surface area contributed by atoms with Gasteiger partial charge < -0.3 is 15.0 Å². The Labute approximate surface area is 158 Å². The smallest absolute Gasteiger partial charge is 0.253 e. The van der Waals surface area contributed by atoms with Gasteiger partial charge in [-0.3, -0.25) is 9.59 Å². The van der Waals surface area contributed by atoms with Gasteiger partial charge in [0.05, 0.1) is 0 Å². The lowest BCUT2D eigenvalue weighted by molar-refractivity contribution is 0.0950. The second-order valence-electron chi connectivity index (χ2n) is 6.52. The molecule has 0 radical (unpaired) electrons. The van der Waals surface area contributed by atoms with Gasteiger partial charge in [0.15, 0.2) is 0 Å². The molecule has 2 N–H and O–H groups in total. The van der Waals surface area contributed by atoms with Crippen LogP contribution in [0.4, 0.5) is 0 Å². The van der Waals surface area contributed by atoms with Gasteiger partial charge in [-0.15, -0.1) is 0 Å². The molecule has 0 spiro atoms. The van der Waals surface area contributed by atoms with Crippen LogP contribution in [0.5, 0.6) is 11.5 Å². The summed E-state index contributed by atoms with van der Waals surface area (Å²) in [5.74, 6) is 1.21. The number of aromatic amines is 1. The SMILES string of the molecule is Cc1cc(C)c(CNC(=O)c2ccc(Oc3ccccc3)c(C)c2)c(=O)[nH]1. The Morgan fingerprint density at radius 1 is 1.00 bits per heavy atom. The summed E-state index contributed by atoms with van der Waals surface area (Å²) in [5.41, 5.74) is 3.44. The second kappa shape index (κ2) is 7.91. The van der Waals surface area contributed by atoms with Crippen molar-refractivity contribution in [3.8, 4) is 11.5 Å². The highest BCUT2D eigenvalue weighted by Crippen LogP contribution is 2.25. The van der Waals surface area contributed by atoms with E-state index in [-0.39, 0.29) is 18.0 Å². The number of H-pyrrole nitrogens is 1. The van der Waals surface area contributed by atoms with Crippen LogP contribution in [0.3, 0.4) is 0 Å². The molecular formula is C22H22N2O3. The summed E-state index contributed by atoms with van der Waals surface area (Å²) in [6.45, 7) is 5.77. The molecule has 0 aliphatic carbocycles. The number of aromatic nitrogens is 1. The molecule has 0 fully saturated rings. The largest absolute Gasteiger partial charge is 0.457 e. The summed E-state index contributed by atoms with van der Waals surface area (Å²) >= 11 is 0. The third kappa shape index (κ3) is 4.44. The fourth-order valence-electron chi connectivity index (χ4n) is 2.89. The first-order valence-electron chi connectivity index (χ1n) is 8.75. The van der Waals surface area contributed by atoms with Gasteiger partial charge in [-0.2, -0.15) is 0 Å². The minimum atomic E-state index is -0.233. The maximum atomic E-state index is 12.5. The summed E-state index contributed by atoms with van der Waals surface area (Å²) < 4.78 is 5.84. The lowest BCUT2D eigenvalue weighted by Gasteiger charge is -2.11. The Morgan fingerprint density at radius 2 is 1.74 bits per heavy atom. The zero-order valence-corrected chi connectivity index (χ0v) is 15.6. The molecule has 27 heavy (non-hydrogen) atoms. The summed E-state index contributed by atoms with van der Waals surface area (Å²) in [5, 5.41) is 2.81. The van der Waals surface area contributed by atoms with Gasteiger partial charge in [0.1, 0.15) is 11.5 Å². The van der Waals surface area contributed by atoms with Crippen LogP contribution < -0.4 is 15.6 Å². The number of carbonyl (C=O) groups is 1. The lowest BCUT2D eigenvalue weighted by Crippen LogP contribution is -2.28. The summed E-state index contributed by atoms with van der Waals surface area (Å²) in [6, 6.07) is 16.6. The number of hydrogen-bond acceptors (Lipinski definition) is 3. The van der Waals surface area contributed by atoms with Crippen molar-refractivity contribution >= 4 is 5.91 Å². The van der Waals surface area contributed by atoms with Crippen molar-refractivity contribution in [3.63, 3.8) is 0 Å². The molecule has 3 aromatic rings. The normalized spacial score (nSPS) is 10.5. The fourth-order valence-corrected chi connectivity index (χ4v) is 2.89. The molecule has 5 heteroatoms. The molecule has 0 saturated heterocycles. The molecule has 0 atom stereocenters. The molecule has 1 aromatic heterocycles. The Morgan fingerprint density at radius 3 is 2.41 bits per heavy atom. The maximum absolute atomic E-state index is 12.5. The van der Waals surface area contributed by atoms with Crippen molar-refractivity contribution in [2.24, 2.45) is 0 Å². The molecular weight excluding hydrogens is 340 g/mol. The monoisotopic (exact) mass is 362 g/mol. The van der Waals surface area contributed by atoms with Crippen LogP contribution in [0.25, 0.3) is 0 Å². The molecule has 0 unspecified atom stereocenters. The molecule has 0 aliphatic rings. The lowest BCUT2D eigenvalue weighted by atomic mass is 10.1. The van der Waals surface area contributed by atoms with Gasteiger partial charge in [-0.05, 0) is 68.3 Å². The standard InChI is InChI=1S/C22H22N2O3/c1-14-11-16(3)24-22(26)19(14)13-23-21(25)17-9-10-20(15(2)12-17)27-18-7-5-4-6-8-18/h4-12H,13H2,1-3H3,(H,23,25)(H,24,26). The van der Waals surface area contributed by atoms with Crippen LogP contribution in [0.15, 0.2) is 59.4 Å². The number of nitrogens with one attached hydrogen (secondary N) is 2. The van der Waals surface area contributed by atoms with E-state index in [0.717, 1.165) is 22.6 Å². The molecule has 3 rings (SSSR count). The van der Waals surface area contributed by atoms with E-state index < -0.39 is 0 Å². The molecule has 0 bridgehead atoms. The topological polar surface area (TPSA) is 71.2 Å². The minimum Gasteiger partial charge on any atom is -0.457 e. The zero-order chi connectivity index (χ0) is 19.4. The number of para-hydroxylation sites is 1.